The van der Waals surface area contributed by atoms with Gasteiger partial charge in [-0.3, -0.25) is 0 Å². The van der Waals surface area contributed by atoms with Gasteiger partial charge in [-0.2, -0.15) is 0 Å². The smallest absolute Gasteiger partial charge is 0.180 e. The normalized spacial score (nSPS) is 11.8. The summed E-state index contributed by atoms with van der Waals surface area (Å²) in [6, 6.07) is 1.65. The molecule has 0 atom stereocenters. The van der Waals surface area contributed by atoms with Gasteiger partial charge in [-0.25, -0.2) is 15.0 Å². The fraction of sp³-hybridized carbons (Fsp3) is 0.364. The Hall–Kier alpha value is -1.00. The molecule has 0 amide bonds. The number of rotatable bonds is 1. The van der Waals surface area contributed by atoms with Gasteiger partial charge in [0.05, 0.1) is 5.01 Å². The highest BCUT2D eigenvalue weighted by atomic mass is 35.5. The van der Waals surface area contributed by atoms with E-state index in [1.54, 1.807) is 23.6 Å². The molecule has 0 fully saturated rings. The second-order valence-electron chi connectivity index (χ2n) is 4.49. The molecule has 0 N–H and O–H groups in total. The van der Waals surface area contributed by atoms with Crippen LogP contribution in [0.5, 0.6) is 0 Å². The van der Waals surface area contributed by atoms with Crippen LogP contribution in [0.25, 0.3) is 11.5 Å². The monoisotopic (exact) mass is 253 g/mol. The third kappa shape index (κ3) is 2.39. The number of hydrogen-bond donors (Lipinski definition) is 0. The SMILES string of the molecule is CC(C)(C)c1nc(-c2nccc(Cl)n2)cs1. The second-order valence-corrected chi connectivity index (χ2v) is 5.74. The van der Waals surface area contributed by atoms with Crippen LogP contribution < -0.4 is 0 Å². The minimum absolute atomic E-state index is 0.0570. The van der Waals surface area contributed by atoms with Gasteiger partial charge in [-0.05, 0) is 6.07 Å². The highest BCUT2D eigenvalue weighted by Gasteiger charge is 2.19. The van der Waals surface area contributed by atoms with E-state index < -0.39 is 0 Å². The molecule has 2 rings (SSSR count). The maximum Gasteiger partial charge on any atom is 0.180 e. The van der Waals surface area contributed by atoms with Crippen LogP contribution in [0.3, 0.4) is 0 Å². The van der Waals surface area contributed by atoms with Crippen LogP contribution >= 0.6 is 22.9 Å². The molecular weight excluding hydrogens is 242 g/mol. The lowest BCUT2D eigenvalue weighted by Crippen LogP contribution is -2.10. The number of hydrogen-bond acceptors (Lipinski definition) is 4. The lowest BCUT2D eigenvalue weighted by Gasteiger charge is -2.13. The fourth-order valence-corrected chi connectivity index (χ4v) is 2.20. The molecule has 0 bridgehead atoms. The maximum absolute atomic E-state index is 5.82. The molecule has 0 aromatic carbocycles. The van der Waals surface area contributed by atoms with Crippen LogP contribution in [0, 0.1) is 0 Å². The third-order valence-corrected chi connectivity index (χ3v) is 3.48. The standard InChI is InChI=1S/C11H12ClN3S/c1-11(2,3)10-14-7(6-16-10)9-13-5-4-8(12)15-9/h4-6H,1-3H3. The van der Waals surface area contributed by atoms with Gasteiger partial charge < -0.3 is 0 Å². The van der Waals surface area contributed by atoms with Crippen LogP contribution in [0.2, 0.25) is 5.15 Å². The molecular formula is C11H12ClN3S. The van der Waals surface area contributed by atoms with Crippen molar-refractivity contribution in [3.05, 3.63) is 27.8 Å². The molecule has 2 aromatic heterocycles. The highest BCUT2D eigenvalue weighted by molar-refractivity contribution is 7.10. The average molecular weight is 254 g/mol. The first-order valence-corrected chi connectivity index (χ1v) is 6.17. The third-order valence-electron chi connectivity index (χ3n) is 2.00. The lowest BCUT2D eigenvalue weighted by atomic mass is 9.98. The summed E-state index contributed by atoms with van der Waals surface area (Å²) in [6.45, 7) is 6.40. The van der Waals surface area contributed by atoms with E-state index in [1.165, 1.54) is 0 Å². The molecule has 2 heterocycles. The Bertz CT molecular complexity index is 502. The molecule has 2 aromatic rings. The first-order valence-electron chi connectivity index (χ1n) is 4.92. The summed E-state index contributed by atoms with van der Waals surface area (Å²) in [5.41, 5.74) is 0.846. The number of thiazole rings is 1. The fourth-order valence-electron chi connectivity index (χ4n) is 1.18. The number of nitrogens with zero attached hydrogens (tertiary/aromatic N) is 3. The Balaban J connectivity index is 2.39. The molecule has 84 valence electrons. The van der Waals surface area contributed by atoms with Crippen molar-refractivity contribution in [2.45, 2.75) is 26.2 Å². The van der Waals surface area contributed by atoms with Crippen LogP contribution in [-0.2, 0) is 5.41 Å². The molecule has 0 aliphatic heterocycles. The van der Waals surface area contributed by atoms with Gasteiger partial charge in [0.1, 0.15) is 10.8 Å². The lowest BCUT2D eigenvalue weighted by molar-refractivity contribution is 0.586. The van der Waals surface area contributed by atoms with Gasteiger partial charge in [0.15, 0.2) is 5.82 Å². The summed E-state index contributed by atoms with van der Waals surface area (Å²) in [4.78, 5) is 12.8. The average Bonchev–Trinajstić information content (AvgIpc) is 2.65. The minimum Gasteiger partial charge on any atom is -0.237 e. The van der Waals surface area contributed by atoms with Gasteiger partial charge in [-0.1, -0.05) is 32.4 Å². The van der Waals surface area contributed by atoms with Crippen molar-refractivity contribution in [2.75, 3.05) is 0 Å². The Morgan fingerprint density at radius 1 is 1.25 bits per heavy atom. The molecule has 16 heavy (non-hydrogen) atoms. The van der Waals surface area contributed by atoms with Gasteiger partial charge in [-0.15, -0.1) is 11.3 Å². The van der Waals surface area contributed by atoms with E-state index in [4.69, 9.17) is 11.6 Å². The van der Waals surface area contributed by atoms with Crippen molar-refractivity contribution in [1.29, 1.82) is 0 Å². The van der Waals surface area contributed by atoms with Gasteiger partial charge in [0.2, 0.25) is 0 Å². The van der Waals surface area contributed by atoms with E-state index in [0.717, 1.165) is 10.7 Å². The molecule has 0 radical (unpaired) electrons. The first-order chi connectivity index (χ1) is 7.47. The summed E-state index contributed by atoms with van der Waals surface area (Å²) in [5.74, 6) is 0.583. The molecule has 0 aliphatic rings. The van der Waals surface area contributed by atoms with Crippen molar-refractivity contribution in [2.24, 2.45) is 0 Å². The molecule has 0 spiro atoms. The summed E-state index contributed by atoms with van der Waals surface area (Å²) < 4.78 is 0. The van der Waals surface area contributed by atoms with Crippen LogP contribution in [-0.4, -0.2) is 15.0 Å². The van der Waals surface area contributed by atoms with Crippen LogP contribution in [0.1, 0.15) is 25.8 Å². The van der Waals surface area contributed by atoms with E-state index in [9.17, 15) is 0 Å². The molecule has 0 unspecified atom stereocenters. The highest BCUT2D eigenvalue weighted by Crippen LogP contribution is 2.28. The zero-order valence-electron chi connectivity index (χ0n) is 9.36. The van der Waals surface area contributed by atoms with Gasteiger partial charge in [0.25, 0.3) is 0 Å². The summed E-state index contributed by atoms with van der Waals surface area (Å²) in [7, 11) is 0. The van der Waals surface area contributed by atoms with Gasteiger partial charge >= 0.3 is 0 Å². The summed E-state index contributed by atoms with van der Waals surface area (Å²) >= 11 is 7.44. The summed E-state index contributed by atoms with van der Waals surface area (Å²) in [5, 5.41) is 3.48. The van der Waals surface area contributed by atoms with E-state index in [1.807, 2.05) is 5.38 Å². The Kier molecular flexibility index (Phi) is 2.95. The van der Waals surface area contributed by atoms with Crippen molar-refractivity contribution in [3.8, 4) is 11.5 Å². The van der Waals surface area contributed by atoms with Crippen LogP contribution in [0.4, 0.5) is 0 Å². The number of halogens is 1. The molecule has 0 aliphatic carbocycles. The van der Waals surface area contributed by atoms with Crippen molar-refractivity contribution in [1.82, 2.24) is 15.0 Å². The van der Waals surface area contributed by atoms with E-state index in [2.05, 4.69) is 35.7 Å². The first kappa shape index (κ1) is 11.5. The summed E-state index contributed by atoms with van der Waals surface area (Å²) in [6.07, 6.45) is 1.64. The van der Waals surface area contributed by atoms with Crippen LogP contribution in [0.15, 0.2) is 17.6 Å². The largest absolute Gasteiger partial charge is 0.237 e. The van der Waals surface area contributed by atoms with Gasteiger partial charge in [0, 0.05) is 17.0 Å². The quantitative estimate of drug-likeness (QED) is 0.730. The predicted molar refractivity (Wildman–Crippen MR) is 66.9 cm³/mol. The van der Waals surface area contributed by atoms with E-state index in [0.29, 0.717) is 11.0 Å². The van der Waals surface area contributed by atoms with Crippen molar-refractivity contribution >= 4 is 22.9 Å². The number of aromatic nitrogens is 3. The zero-order chi connectivity index (χ0) is 11.8. The zero-order valence-corrected chi connectivity index (χ0v) is 10.9. The molecule has 5 heteroatoms. The second kappa shape index (κ2) is 4.11. The Morgan fingerprint density at radius 2 is 2.00 bits per heavy atom. The predicted octanol–water partition coefficient (Wildman–Crippen LogP) is 3.55. The van der Waals surface area contributed by atoms with E-state index >= 15 is 0 Å². The molecule has 3 nitrogen and oxygen atoms in total. The van der Waals surface area contributed by atoms with Crippen molar-refractivity contribution < 1.29 is 0 Å². The molecule has 0 saturated heterocycles. The topological polar surface area (TPSA) is 38.7 Å². The minimum atomic E-state index is 0.0570. The Labute approximate surface area is 104 Å². The Morgan fingerprint density at radius 3 is 2.56 bits per heavy atom. The maximum atomic E-state index is 5.82. The van der Waals surface area contributed by atoms with E-state index in [-0.39, 0.29) is 5.41 Å². The molecule has 0 saturated carbocycles. The van der Waals surface area contributed by atoms with Crippen molar-refractivity contribution in [3.63, 3.8) is 0 Å².